The molecule has 5 N–H and O–H groups in total. The van der Waals surface area contributed by atoms with Crippen LogP contribution in [0.1, 0.15) is 44.9 Å². The summed E-state index contributed by atoms with van der Waals surface area (Å²) in [5.41, 5.74) is 9.93. The number of rotatable bonds is 5. The number of nitrogens with one attached hydrogen (secondary N) is 1. The average molecular weight is 227 g/mol. The van der Waals surface area contributed by atoms with Crippen LogP contribution in [0, 0.1) is 0 Å². The highest BCUT2D eigenvalue weighted by Gasteiger charge is 2.38. The fraction of sp³-hybridized carbons (Fsp3) is 0.818. The first kappa shape index (κ1) is 13.0. The van der Waals surface area contributed by atoms with Gasteiger partial charge in [-0.25, -0.2) is 0 Å². The van der Waals surface area contributed by atoms with Crippen molar-refractivity contribution in [3.05, 3.63) is 0 Å². The normalized spacial score (nSPS) is 19.1. The summed E-state index contributed by atoms with van der Waals surface area (Å²) in [7, 11) is 0. The number of hydrogen-bond donors (Lipinski definition) is 3. The lowest BCUT2D eigenvalue weighted by molar-refractivity contribution is -0.133. The van der Waals surface area contributed by atoms with Crippen LogP contribution in [-0.4, -0.2) is 23.9 Å². The Morgan fingerprint density at radius 2 is 1.81 bits per heavy atom. The molecule has 16 heavy (non-hydrogen) atoms. The van der Waals surface area contributed by atoms with Gasteiger partial charge in [0.25, 0.3) is 0 Å². The molecule has 0 heterocycles. The second-order valence-corrected chi connectivity index (χ2v) is 4.45. The number of carbonyl (C=O) groups excluding carboxylic acids is 2. The molecule has 0 aromatic heterocycles. The van der Waals surface area contributed by atoms with Gasteiger partial charge in [-0.05, 0) is 25.8 Å². The summed E-state index contributed by atoms with van der Waals surface area (Å²) in [6, 6.07) is 0. The van der Waals surface area contributed by atoms with Crippen molar-refractivity contribution in [2.24, 2.45) is 11.5 Å². The van der Waals surface area contributed by atoms with Gasteiger partial charge >= 0.3 is 0 Å². The molecular formula is C11H21N3O2. The van der Waals surface area contributed by atoms with Crippen LogP contribution in [0.4, 0.5) is 0 Å². The Labute approximate surface area is 95.9 Å². The Kier molecular flexibility index (Phi) is 4.73. The Morgan fingerprint density at radius 3 is 2.31 bits per heavy atom. The van der Waals surface area contributed by atoms with Gasteiger partial charge in [-0.1, -0.05) is 19.3 Å². The summed E-state index contributed by atoms with van der Waals surface area (Å²) in [4.78, 5) is 23.1. The van der Waals surface area contributed by atoms with Gasteiger partial charge in [-0.2, -0.15) is 0 Å². The van der Waals surface area contributed by atoms with Crippen molar-refractivity contribution >= 4 is 11.8 Å². The van der Waals surface area contributed by atoms with Crippen LogP contribution in [0.25, 0.3) is 0 Å². The summed E-state index contributed by atoms with van der Waals surface area (Å²) in [6.45, 7) is 0.483. The van der Waals surface area contributed by atoms with Gasteiger partial charge in [-0.15, -0.1) is 0 Å². The third-order valence-corrected chi connectivity index (χ3v) is 3.17. The molecule has 0 saturated heterocycles. The second kappa shape index (κ2) is 5.84. The maximum atomic E-state index is 11.6. The predicted octanol–water partition coefficient (Wildman–Crippen LogP) is 0.0297. The molecule has 0 spiro atoms. The quantitative estimate of drug-likeness (QED) is 0.618. The lowest BCUT2D eigenvalue weighted by Crippen LogP contribution is -2.58. The molecule has 5 heteroatoms. The van der Waals surface area contributed by atoms with Crippen molar-refractivity contribution in [3.63, 3.8) is 0 Å². The zero-order valence-corrected chi connectivity index (χ0v) is 9.63. The molecule has 92 valence electrons. The van der Waals surface area contributed by atoms with E-state index in [1.54, 1.807) is 0 Å². The van der Waals surface area contributed by atoms with E-state index < -0.39 is 11.4 Å². The molecule has 1 aliphatic rings. The lowest BCUT2D eigenvalue weighted by atomic mass is 9.81. The molecule has 0 bridgehead atoms. The highest BCUT2D eigenvalue weighted by Crippen LogP contribution is 2.28. The Hall–Kier alpha value is -1.10. The molecule has 1 aliphatic carbocycles. The Bertz CT molecular complexity index is 260. The number of primary amides is 1. The SMILES string of the molecule is NCCCC(=O)NC1(C(N)=O)CCCCC1. The average Bonchev–Trinajstić information content (AvgIpc) is 2.27. The maximum Gasteiger partial charge on any atom is 0.243 e. The fourth-order valence-electron chi connectivity index (χ4n) is 2.18. The molecule has 1 fully saturated rings. The van der Waals surface area contributed by atoms with Crippen LogP contribution < -0.4 is 16.8 Å². The first-order valence-electron chi connectivity index (χ1n) is 5.92. The van der Waals surface area contributed by atoms with E-state index in [2.05, 4.69) is 5.32 Å². The Balaban J connectivity index is 2.56. The van der Waals surface area contributed by atoms with Crippen molar-refractivity contribution in [1.29, 1.82) is 0 Å². The molecule has 2 amide bonds. The predicted molar refractivity (Wildman–Crippen MR) is 61.4 cm³/mol. The van der Waals surface area contributed by atoms with Gasteiger partial charge < -0.3 is 16.8 Å². The molecule has 1 saturated carbocycles. The molecule has 1 rings (SSSR count). The minimum absolute atomic E-state index is 0.119. The fourth-order valence-corrected chi connectivity index (χ4v) is 2.18. The van der Waals surface area contributed by atoms with E-state index in [4.69, 9.17) is 11.5 Å². The minimum atomic E-state index is -0.802. The zero-order valence-electron chi connectivity index (χ0n) is 9.63. The van der Waals surface area contributed by atoms with Crippen LogP contribution in [-0.2, 0) is 9.59 Å². The zero-order chi connectivity index (χ0) is 12.0. The van der Waals surface area contributed by atoms with Crippen LogP contribution >= 0.6 is 0 Å². The highest BCUT2D eigenvalue weighted by atomic mass is 16.2. The van der Waals surface area contributed by atoms with Crippen molar-refractivity contribution in [2.75, 3.05) is 6.54 Å². The molecule has 0 aromatic carbocycles. The third-order valence-electron chi connectivity index (χ3n) is 3.17. The van der Waals surface area contributed by atoms with Gasteiger partial charge in [0.2, 0.25) is 11.8 Å². The number of hydrogen-bond acceptors (Lipinski definition) is 3. The maximum absolute atomic E-state index is 11.6. The monoisotopic (exact) mass is 227 g/mol. The molecule has 0 aromatic rings. The first-order chi connectivity index (χ1) is 7.60. The molecule has 5 nitrogen and oxygen atoms in total. The number of amides is 2. The second-order valence-electron chi connectivity index (χ2n) is 4.45. The molecule has 0 radical (unpaired) electrons. The van der Waals surface area contributed by atoms with E-state index in [1.807, 2.05) is 0 Å². The summed E-state index contributed by atoms with van der Waals surface area (Å²) in [6.07, 6.45) is 5.33. The van der Waals surface area contributed by atoms with Crippen LogP contribution in [0.5, 0.6) is 0 Å². The van der Waals surface area contributed by atoms with Crippen molar-refractivity contribution in [2.45, 2.75) is 50.5 Å². The van der Waals surface area contributed by atoms with Crippen molar-refractivity contribution in [1.82, 2.24) is 5.32 Å². The largest absolute Gasteiger partial charge is 0.368 e. The van der Waals surface area contributed by atoms with E-state index in [9.17, 15) is 9.59 Å². The van der Waals surface area contributed by atoms with Gasteiger partial charge in [0.1, 0.15) is 5.54 Å². The third kappa shape index (κ3) is 3.20. The minimum Gasteiger partial charge on any atom is -0.368 e. The topological polar surface area (TPSA) is 98.2 Å². The van der Waals surface area contributed by atoms with Crippen LogP contribution in [0.15, 0.2) is 0 Å². The smallest absolute Gasteiger partial charge is 0.243 e. The first-order valence-corrected chi connectivity index (χ1v) is 5.92. The van der Waals surface area contributed by atoms with E-state index >= 15 is 0 Å². The number of carbonyl (C=O) groups is 2. The van der Waals surface area contributed by atoms with Gasteiger partial charge in [-0.3, -0.25) is 9.59 Å². The standard InChI is InChI=1S/C11H21N3O2/c12-8-4-5-9(15)14-11(10(13)16)6-2-1-3-7-11/h1-8,12H2,(H2,13,16)(H,14,15). The highest BCUT2D eigenvalue weighted by molar-refractivity contribution is 5.90. The van der Waals surface area contributed by atoms with E-state index in [-0.39, 0.29) is 5.91 Å². The molecule has 0 aliphatic heterocycles. The summed E-state index contributed by atoms with van der Waals surface area (Å²) < 4.78 is 0. The molecule has 0 unspecified atom stereocenters. The van der Waals surface area contributed by atoms with E-state index in [0.717, 1.165) is 19.3 Å². The lowest BCUT2D eigenvalue weighted by Gasteiger charge is -2.35. The van der Waals surface area contributed by atoms with Crippen molar-refractivity contribution in [3.8, 4) is 0 Å². The van der Waals surface area contributed by atoms with Crippen LogP contribution in [0.3, 0.4) is 0 Å². The van der Waals surface area contributed by atoms with E-state index in [1.165, 1.54) is 0 Å². The van der Waals surface area contributed by atoms with Gasteiger partial charge in [0.05, 0.1) is 0 Å². The Morgan fingerprint density at radius 1 is 1.19 bits per heavy atom. The molecular weight excluding hydrogens is 206 g/mol. The molecule has 0 atom stereocenters. The van der Waals surface area contributed by atoms with Gasteiger partial charge in [0.15, 0.2) is 0 Å². The van der Waals surface area contributed by atoms with E-state index in [0.29, 0.717) is 32.2 Å². The van der Waals surface area contributed by atoms with Crippen molar-refractivity contribution < 1.29 is 9.59 Å². The summed E-state index contributed by atoms with van der Waals surface area (Å²) in [5, 5.41) is 2.80. The van der Waals surface area contributed by atoms with Crippen LogP contribution in [0.2, 0.25) is 0 Å². The number of nitrogens with two attached hydrogens (primary N) is 2. The summed E-state index contributed by atoms with van der Waals surface area (Å²) in [5.74, 6) is -0.528. The van der Waals surface area contributed by atoms with Gasteiger partial charge in [0, 0.05) is 6.42 Å². The summed E-state index contributed by atoms with van der Waals surface area (Å²) >= 11 is 0.